The number of ether oxygens (including phenoxy) is 1. The van der Waals surface area contributed by atoms with Crippen molar-refractivity contribution in [2.45, 2.75) is 50.1 Å². The number of benzene rings is 1. The quantitative estimate of drug-likeness (QED) is 0.877. The molecule has 0 amide bonds. The van der Waals surface area contributed by atoms with Gasteiger partial charge in [-0.2, -0.15) is 0 Å². The topological polar surface area (TPSA) is 38.5 Å². The molecule has 1 unspecified atom stereocenters. The van der Waals surface area contributed by atoms with Crippen LogP contribution in [0.25, 0.3) is 0 Å². The summed E-state index contributed by atoms with van der Waals surface area (Å²) in [6, 6.07) is 6.27. The smallest absolute Gasteiger partial charge is 0.122 e. The van der Waals surface area contributed by atoms with E-state index in [-0.39, 0.29) is 11.6 Å². The lowest BCUT2D eigenvalue weighted by Gasteiger charge is -2.47. The number of likely N-dealkylation sites (N-methyl/N-ethyl adjacent to an activating group) is 1. The lowest BCUT2D eigenvalue weighted by Crippen LogP contribution is -2.59. The van der Waals surface area contributed by atoms with Crippen molar-refractivity contribution in [3.05, 3.63) is 28.2 Å². The third-order valence-corrected chi connectivity index (χ3v) is 5.48. The zero-order chi connectivity index (χ0) is 15.5. The van der Waals surface area contributed by atoms with E-state index >= 15 is 0 Å². The summed E-state index contributed by atoms with van der Waals surface area (Å²) in [6.07, 6.45) is 7.13. The molecular weight excluding hydrogens is 328 g/mol. The Bertz CT molecular complexity index is 470. The van der Waals surface area contributed by atoms with Crippen molar-refractivity contribution >= 4 is 15.9 Å². The van der Waals surface area contributed by atoms with Gasteiger partial charge in [0.25, 0.3) is 0 Å². The molecule has 2 N–H and O–H groups in total. The summed E-state index contributed by atoms with van der Waals surface area (Å²) in [6.45, 7) is 0. The zero-order valence-corrected chi connectivity index (χ0v) is 14.9. The van der Waals surface area contributed by atoms with E-state index in [1.807, 2.05) is 12.1 Å². The van der Waals surface area contributed by atoms with Crippen LogP contribution in [0.1, 0.15) is 37.7 Å². The predicted molar refractivity (Wildman–Crippen MR) is 91.9 cm³/mol. The van der Waals surface area contributed by atoms with E-state index in [2.05, 4.69) is 41.0 Å². The molecule has 2 rings (SSSR count). The molecular formula is C17H27BrN2O. The monoisotopic (exact) mass is 354 g/mol. The van der Waals surface area contributed by atoms with Gasteiger partial charge in [0.2, 0.25) is 0 Å². The molecule has 1 aromatic rings. The van der Waals surface area contributed by atoms with Crippen LogP contribution >= 0.6 is 15.9 Å². The van der Waals surface area contributed by atoms with Gasteiger partial charge in [-0.1, -0.05) is 35.2 Å². The van der Waals surface area contributed by atoms with Crippen LogP contribution in [0.15, 0.2) is 22.7 Å². The van der Waals surface area contributed by atoms with Crippen molar-refractivity contribution in [3.63, 3.8) is 0 Å². The molecule has 1 aliphatic carbocycles. The van der Waals surface area contributed by atoms with Crippen LogP contribution in [0.2, 0.25) is 0 Å². The van der Waals surface area contributed by atoms with Crippen LogP contribution in [0.3, 0.4) is 0 Å². The van der Waals surface area contributed by atoms with E-state index < -0.39 is 0 Å². The summed E-state index contributed by atoms with van der Waals surface area (Å²) >= 11 is 3.55. The number of nitrogens with two attached hydrogens (primary N) is 1. The van der Waals surface area contributed by atoms with Gasteiger partial charge in [-0.15, -0.1) is 0 Å². The van der Waals surface area contributed by atoms with Gasteiger partial charge in [-0.3, -0.25) is 0 Å². The molecule has 0 radical (unpaired) electrons. The molecule has 1 aliphatic rings. The maximum atomic E-state index is 6.68. The Morgan fingerprint density at radius 3 is 2.52 bits per heavy atom. The fourth-order valence-electron chi connectivity index (χ4n) is 3.65. The Morgan fingerprint density at radius 1 is 1.29 bits per heavy atom. The molecule has 1 atom stereocenters. The molecule has 21 heavy (non-hydrogen) atoms. The highest BCUT2D eigenvalue weighted by atomic mass is 79.9. The molecule has 118 valence electrons. The standard InChI is InChI=1S/C17H27BrN2O/c1-20(2)17(9-5-4-6-10-17)16(19)12-13-11-14(18)7-8-15(13)21-3/h7-8,11,16H,4-6,9-10,12,19H2,1-3H3. The van der Waals surface area contributed by atoms with Crippen LogP contribution in [-0.4, -0.2) is 37.7 Å². The van der Waals surface area contributed by atoms with E-state index in [0.717, 1.165) is 16.6 Å². The summed E-state index contributed by atoms with van der Waals surface area (Å²) in [5, 5.41) is 0. The maximum Gasteiger partial charge on any atom is 0.122 e. The lowest BCUT2D eigenvalue weighted by atomic mass is 9.74. The second kappa shape index (κ2) is 7.12. The largest absolute Gasteiger partial charge is 0.496 e. The van der Waals surface area contributed by atoms with Crippen LogP contribution < -0.4 is 10.5 Å². The Hall–Kier alpha value is -0.580. The predicted octanol–water partition coefficient (Wildman–Crippen LogP) is 3.59. The van der Waals surface area contributed by atoms with Crippen molar-refractivity contribution < 1.29 is 4.74 Å². The number of halogens is 1. The van der Waals surface area contributed by atoms with Gasteiger partial charge in [0.1, 0.15) is 5.75 Å². The highest BCUT2D eigenvalue weighted by Crippen LogP contribution is 2.36. The van der Waals surface area contributed by atoms with E-state index in [9.17, 15) is 0 Å². The molecule has 1 saturated carbocycles. The Kier molecular flexibility index (Phi) is 5.69. The van der Waals surface area contributed by atoms with Crippen molar-refractivity contribution in [1.29, 1.82) is 0 Å². The van der Waals surface area contributed by atoms with Crippen molar-refractivity contribution in [1.82, 2.24) is 4.90 Å². The van der Waals surface area contributed by atoms with Crippen LogP contribution in [0.4, 0.5) is 0 Å². The van der Waals surface area contributed by atoms with Gasteiger partial charge in [0.05, 0.1) is 7.11 Å². The number of hydrogen-bond acceptors (Lipinski definition) is 3. The average molecular weight is 355 g/mol. The second-order valence-corrected chi connectivity index (χ2v) is 7.24. The van der Waals surface area contributed by atoms with Crippen LogP contribution in [0.5, 0.6) is 5.75 Å². The second-order valence-electron chi connectivity index (χ2n) is 6.33. The molecule has 0 aromatic heterocycles. The first kappa shape index (κ1) is 16.8. The third-order valence-electron chi connectivity index (χ3n) is 4.98. The Morgan fingerprint density at radius 2 is 1.95 bits per heavy atom. The summed E-state index contributed by atoms with van der Waals surface area (Å²) in [4.78, 5) is 2.35. The average Bonchev–Trinajstić information content (AvgIpc) is 2.48. The number of nitrogens with zero attached hydrogens (tertiary/aromatic N) is 1. The maximum absolute atomic E-state index is 6.68. The lowest BCUT2D eigenvalue weighted by molar-refractivity contribution is 0.0714. The summed E-state index contributed by atoms with van der Waals surface area (Å²) < 4.78 is 6.57. The van der Waals surface area contributed by atoms with Crippen LogP contribution in [-0.2, 0) is 6.42 Å². The Labute approximate surface area is 137 Å². The van der Waals surface area contributed by atoms with E-state index in [1.165, 1.54) is 37.7 Å². The fourth-order valence-corrected chi connectivity index (χ4v) is 4.06. The van der Waals surface area contributed by atoms with E-state index in [1.54, 1.807) is 7.11 Å². The minimum Gasteiger partial charge on any atom is -0.496 e. The minimum absolute atomic E-state index is 0.117. The molecule has 0 saturated heterocycles. The van der Waals surface area contributed by atoms with Gasteiger partial charge in [-0.25, -0.2) is 0 Å². The highest BCUT2D eigenvalue weighted by molar-refractivity contribution is 9.10. The van der Waals surface area contributed by atoms with Crippen molar-refractivity contribution in [3.8, 4) is 5.75 Å². The molecule has 1 aromatic carbocycles. The summed E-state index contributed by atoms with van der Waals surface area (Å²) in [5.74, 6) is 0.929. The first-order valence-electron chi connectivity index (χ1n) is 7.75. The van der Waals surface area contributed by atoms with E-state index in [4.69, 9.17) is 10.5 Å². The molecule has 1 fully saturated rings. The molecule has 0 bridgehead atoms. The number of methoxy groups -OCH3 is 1. The summed E-state index contributed by atoms with van der Waals surface area (Å²) in [5.41, 5.74) is 7.98. The van der Waals surface area contributed by atoms with E-state index in [0.29, 0.717) is 0 Å². The molecule has 0 aliphatic heterocycles. The Balaban J connectivity index is 2.22. The minimum atomic E-state index is 0.117. The van der Waals surface area contributed by atoms with Gasteiger partial charge in [0.15, 0.2) is 0 Å². The fraction of sp³-hybridized carbons (Fsp3) is 0.647. The van der Waals surface area contributed by atoms with Crippen molar-refractivity contribution in [2.24, 2.45) is 5.73 Å². The first-order chi connectivity index (χ1) is 9.99. The van der Waals surface area contributed by atoms with Gasteiger partial charge in [-0.05, 0) is 57.1 Å². The van der Waals surface area contributed by atoms with Crippen LogP contribution in [0, 0.1) is 0 Å². The van der Waals surface area contributed by atoms with Gasteiger partial charge >= 0.3 is 0 Å². The van der Waals surface area contributed by atoms with Gasteiger partial charge in [0, 0.05) is 16.1 Å². The number of hydrogen-bond donors (Lipinski definition) is 1. The molecule has 0 spiro atoms. The third kappa shape index (κ3) is 3.61. The zero-order valence-electron chi connectivity index (χ0n) is 13.4. The first-order valence-corrected chi connectivity index (χ1v) is 8.54. The highest BCUT2D eigenvalue weighted by Gasteiger charge is 2.40. The molecule has 3 nitrogen and oxygen atoms in total. The number of rotatable bonds is 5. The van der Waals surface area contributed by atoms with Gasteiger partial charge < -0.3 is 15.4 Å². The summed E-state index contributed by atoms with van der Waals surface area (Å²) in [7, 11) is 6.06. The SMILES string of the molecule is COc1ccc(Br)cc1CC(N)C1(N(C)C)CCCCC1. The normalized spacial score (nSPS) is 19.5. The van der Waals surface area contributed by atoms with Crippen molar-refractivity contribution in [2.75, 3.05) is 21.2 Å². The molecule has 0 heterocycles. The molecule has 4 heteroatoms.